The molecular weight excluding hydrogens is 709 g/mol. The minimum Gasteiger partial charge on any atom is -0.453 e. The highest BCUT2D eigenvalue weighted by molar-refractivity contribution is 5.95. The Balaban J connectivity index is 0.935. The molecular formula is C43H48N8O5. The summed E-state index contributed by atoms with van der Waals surface area (Å²) in [6.45, 7) is 2.30. The van der Waals surface area contributed by atoms with Crippen molar-refractivity contribution in [2.24, 2.45) is 17.8 Å². The fraction of sp³-hybridized carbons (Fsp3) is 0.395. The largest absolute Gasteiger partial charge is 0.453 e. The normalized spacial score (nSPS) is 22.5. The first-order valence-electron chi connectivity index (χ1n) is 19.4. The summed E-state index contributed by atoms with van der Waals surface area (Å²) in [5.41, 5.74) is 5.97. The molecule has 1 aliphatic heterocycles. The lowest BCUT2D eigenvalue weighted by atomic mass is 9.78. The topological polar surface area (TPSA) is 158 Å². The van der Waals surface area contributed by atoms with Gasteiger partial charge in [-0.05, 0) is 85.3 Å². The van der Waals surface area contributed by atoms with Crippen LogP contribution >= 0.6 is 0 Å². The molecule has 5 aromatic rings. The van der Waals surface area contributed by atoms with Crippen LogP contribution in [0.3, 0.4) is 0 Å². The van der Waals surface area contributed by atoms with Crippen LogP contribution in [0.15, 0.2) is 85.3 Å². The number of hydrogen-bond donors (Lipinski definition) is 3. The SMILES string of the molecule is COC(=O)N[C@H](C(=O)N1CCC[C@H]1c1ncc(-c2ccc(-c3ccc(-c4cnc([C@H]5C6CCC(C6)[C@@H]5C(=O)N(C)c5ccccn5)[nH]4)cc3)cc2)[nH]1)[C@@H](C)OC. The molecule has 1 saturated heterocycles. The van der Waals surface area contributed by atoms with Crippen molar-refractivity contribution >= 4 is 23.7 Å². The van der Waals surface area contributed by atoms with Gasteiger partial charge in [0.2, 0.25) is 11.8 Å². The molecule has 4 heterocycles. The van der Waals surface area contributed by atoms with Crippen molar-refractivity contribution in [1.29, 1.82) is 0 Å². The Hall–Kier alpha value is -5.82. The lowest BCUT2D eigenvalue weighted by molar-refractivity contribution is -0.137. The number of fused-ring (bicyclic) bond motifs is 2. The maximum atomic E-state index is 13.9. The van der Waals surface area contributed by atoms with Crippen LogP contribution in [0.5, 0.6) is 0 Å². The van der Waals surface area contributed by atoms with E-state index in [1.165, 1.54) is 14.2 Å². The number of pyridine rings is 1. The van der Waals surface area contributed by atoms with E-state index in [-0.39, 0.29) is 29.7 Å². The van der Waals surface area contributed by atoms with Crippen LogP contribution in [0.2, 0.25) is 0 Å². The van der Waals surface area contributed by atoms with Crippen molar-refractivity contribution in [2.75, 3.05) is 32.7 Å². The van der Waals surface area contributed by atoms with E-state index in [0.29, 0.717) is 30.0 Å². The fourth-order valence-corrected chi connectivity index (χ4v) is 9.11. The van der Waals surface area contributed by atoms with Crippen molar-refractivity contribution in [1.82, 2.24) is 35.1 Å². The average Bonchev–Trinajstić information content (AvgIpc) is 4.11. The first-order chi connectivity index (χ1) is 27.2. The summed E-state index contributed by atoms with van der Waals surface area (Å²) < 4.78 is 10.2. The van der Waals surface area contributed by atoms with E-state index in [1.807, 2.05) is 31.4 Å². The number of carbonyl (C=O) groups is 3. The number of nitrogens with zero attached hydrogens (tertiary/aromatic N) is 5. The summed E-state index contributed by atoms with van der Waals surface area (Å²) in [6.07, 6.45) is 9.04. The third kappa shape index (κ3) is 7.07. The molecule has 2 unspecified atom stereocenters. The number of ether oxygens (including phenoxy) is 2. The van der Waals surface area contributed by atoms with Crippen LogP contribution in [-0.2, 0) is 19.1 Å². The highest BCUT2D eigenvalue weighted by atomic mass is 16.5. The molecule has 3 aliphatic rings. The smallest absolute Gasteiger partial charge is 0.407 e. The summed E-state index contributed by atoms with van der Waals surface area (Å²) in [4.78, 5) is 63.9. The molecule has 8 rings (SSSR count). The van der Waals surface area contributed by atoms with Gasteiger partial charge in [-0.2, -0.15) is 0 Å². The van der Waals surface area contributed by atoms with Gasteiger partial charge in [0.25, 0.3) is 0 Å². The minimum atomic E-state index is -0.885. The van der Waals surface area contributed by atoms with E-state index in [1.54, 1.807) is 29.1 Å². The number of likely N-dealkylation sites (tertiary alicyclic amines) is 1. The zero-order chi connectivity index (χ0) is 38.9. The molecule has 3 amide bonds. The average molecular weight is 757 g/mol. The number of rotatable bonds is 11. The number of methoxy groups -OCH3 is 2. The number of anilines is 1. The van der Waals surface area contributed by atoms with Crippen LogP contribution in [0.1, 0.15) is 62.6 Å². The Morgan fingerprint density at radius 1 is 0.821 bits per heavy atom. The van der Waals surface area contributed by atoms with E-state index in [0.717, 1.165) is 71.6 Å². The number of H-pyrrole nitrogens is 2. The Labute approximate surface area is 326 Å². The van der Waals surface area contributed by atoms with Gasteiger partial charge >= 0.3 is 6.09 Å². The highest BCUT2D eigenvalue weighted by Gasteiger charge is 2.53. The Morgan fingerprint density at radius 3 is 2.07 bits per heavy atom. The van der Waals surface area contributed by atoms with Crippen molar-refractivity contribution in [3.05, 3.63) is 97.0 Å². The molecule has 3 N–H and O–H groups in total. The molecule has 13 heteroatoms. The van der Waals surface area contributed by atoms with Crippen LogP contribution in [-0.4, -0.2) is 87.7 Å². The molecule has 3 aromatic heterocycles. The molecule has 13 nitrogen and oxygen atoms in total. The van der Waals surface area contributed by atoms with Gasteiger partial charge < -0.3 is 29.7 Å². The number of alkyl carbamates (subject to hydrolysis) is 1. The van der Waals surface area contributed by atoms with Gasteiger partial charge in [-0.3, -0.25) is 14.5 Å². The van der Waals surface area contributed by atoms with Gasteiger partial charge in [-0.15, -0.1) is 0 Å². The van der Waals surface area contributed by atoms with Crippen LogP contribution in [0.4, 0.5) is 10.6 Å². The van der Waals surface area contributed by atoms with Gasteiger partial charge in [-0.25, -0.2) is 19.7 Å². The molecule has 56 heavy (non-hydrogen) atoms. The Morgan fingerprint density at radius 2 is 1.45 bits per heavy atom. The molecule has 2 aromatic carbocycles. The number of hydrogen-bond acceptors (Lipinski definition) is 8. The minimum absolute atomic E-state index is 0.0666. The predicted octanol–water partition coefficient (Wildman–Crippen LogP) is 6.74. The summed E-state index contributed by atoms with van der Waals surface area (Å²) in [6, 6.07) is 21.3. The maximum absolute atomic E-state index is 13.9. The van der Waals surface area contributed by atoms with Crippen molar-refractivity contribution in [3.63, 3.8) is 0 Å². The number of amides is 3. The standard InChI is InChI=1S/C43H48N8O5/c1-25(55-3)38(49-43(54)56-4)42(53)51-21-7-8-34(51)39-45-23-32(47-39)28-14-10-26(11-15-28)27-12-16-29(17-13-27)33-24-46-40(48-33)36-30-18-19-31(22-30)37(36)41(52)50(2)35-9-5-6-20-44-35/h5-6,9-17,20,23-25,30-31,34,36-38H,7-8,18-19,21-22H2,1-4H3,(H,45,47)(H,46,48)(H,49,54)/t25-,30?,31?,34+,36+,37+,38+/m1/s1. The van der Waals surface area contributed by atoms with E-state index < -0.39 is 18.2 Å². The number of carbonyl (C=O) groups excluding carboxylic acids is 3. The molecule has 3 fully saturated rings. The molecule has 0 spiro atoms. The third-order valence-corrected chi connectivity index (χ3v) is 12.2. The zero-order valence-corrected chi connectivity index (χ0v) is 32.1. The lowest BCUT2D eigenvalue weighted by Gasteiger charge is -2.31. The fourth-order valence-electron chi connectivity index (χ4n) is 9.11. The quantitative estimate of drug-likeness (QED) is 0.134. The van der Waals surface area contributed by atoms with Crippen molar-refractivity contribution in [2.45, 2.75) is 63.1 Å². The molecule has 2 aliphatic carbocycles. The van der Waals surface area contributed by atoms with Crippen LogP contribution in [0, 0.1) is 17.8 Å². The van der Waals surface area contributed by atoms with Crippen molar-refractivity contribution < 1.29 is 23.9 Å². The summed E-state index contributed by atoms with van der Waals surface area (Å²) in [5.74, 6) is 2.93. The Bertz CT molecular complexity index is 2170. The monoisotopic (exact) mass is 756 g/mol. The van der Waals surface area contributed by atoms with Gasteiger partial charge in [0.05, 0.1) is 49.0 Å². The van der Waals surface area contributed by atoms with Gasteiger partial charge in [0.1, 0.15) is 23.5 Å². The van der Waals surface area contributed by atoms with E-state index in [2.05, 4.69) is 73.8 Å². The number of imidazole rings is 2. The van der Waals surface area contributed by atoms with Gasteiger partial charge in [0, 0.05) is 32.8 Å². The molecule has 2 saturated carbocycles. The summed E-state index contributed by atoms with van der Waals surface area (Å²) in [7, 11) is 4.60. The second-order valence-corrected chi connectivity index (χ2v) is 15.2. The van der Waals surface area contributed by atoms with E-state index in [4.69, 9.17) is 14.5 Å². The lowest BCUT2D eigenvalue weighted by Crippen LogP contribution is -2.54. The Kier molecular flexibility index (Phi) is 10.4. The maximum Gasteiger partial charge on any atom is 0.407 e. The number of nitrogens with one attached hydrogen (secondary N) is 3. The molecule has 2 bridgehead atoms. The zero-order valence-electron chi connectivity index (χ0n) is 32.1. The summed E-state index contributed by atoms with van der Waals surface area (Å²) >= 11 is 0. The van der Waals surface area contributed by atoms with Gasteiger partial charge in [0.15, 0.2) is 0 Å². The van der Waals surface area contributed by atoms with Gasteiger partial charge in [-0.1, -0.05) is 54.6 Å². The first kappa shape index (κ1) is 37.1. The molecule has 0 radical (unpaired) electrons. The number of aromatic nitrogens is 5. The second-order valence-electron chi connectivity index (χ2n) is 15.2. The van der Waals surface area contributed by atoms with E-state index in [9.17, 15) is 14.4 Å². The molecule has 290 valence electrons. The van der Waals surface area contributed by atoms with Crippen molar-refractivity contribution in [3.8, 4) is 33.6 Å². The van der Waals surface area contributed by atoms with E-state index >= 15 is 0 Å². The van der Waals surface area contributed by atoms with Crippen LogP contribution in [0.25, 0.3) is 33.6 Å². The number of benzene rings is 2. The molecule has 7 atom stereocenters. The second kappa shape index (κ2) is 15.7. The highest BCUT2D eigenvalue weighted by Crippen LogP contribution is 2.56. The summed E-state index contributed by atoms with van der Waals surface area (Å²) in [5, 5.41) is 2.63. The van der Waals surface area contributed by atoms with Crippen LogP contribution < -0.4 is 10.2 Å². The third-order valence-electron chi connectivity index (χ3n) is 12.2. The number of aromatic amines is 2. The predicted molar refractivity (Wildman–Crippen MR) is 211 cm³/mol. The first-order valence-corrected chi connectivity index (χ1v) is 19.4.